The summed E-state index contributed by atoms with van der Waals surface area (Å²) >= 11 is 0. The minimum absolute atomic E-state index is 0.0917. The standard InChI is InChI=1S/C15H19N2O5/c1-9(19)14(8-18)17-15(22)13(16-10(2)20)7-11-3-5-12(21)6-4-11/h3-6,9,13-14,19,21H,7H2,1-2H3,(H,16,20)(H,17,22)/t9-,13+,14-/m1/s1. The van der Waals surface area contributed by atoms with Crippen LogP contribution in [0.25, 0.3) is 0 Å². The van der Waals surface area contributed by atoms with Crippen molar-refractivity contribution in [3.05, 3.63) is 29.8 Å². The summed E-state index contributed by atoms with van der Waals surface area (Å²) < 4.78 is 0. The number of carbonyl (C=O) groups excluding carboxylic acids is 3. The fraction of sp³-hybridized carbons (Fsp3) is 0.400. The summed E-state index contributed by atoms with van der Waals surface area (Å²) in [6.07, 6.45) is 0.622. The van der Waals surface area contributed by atoms with Crippen molar-refractivity contribution in [2.75, 3.05) is 0 Å². The van der Waals surface area contributed by atoms with Crippen LogP contribution >= 0.6 is 0 Å². The Labute approximate surface area is 128 Å². The molecule has 119 valence electrons. The van der Waals surface area contributed by atoms with Crippen LogP contribution in [0.3, 0.4) is 0 Å². The molecule has 7 heteroatoms. The first-order chi connectivity index (χ1) is 10.3. The van der Waals surface area contributed by atoms with Gasteiger partial charge in [-0.3, -0.25) is 14.4 Å². The molecule has 0 aliphatic rings. The van der Waals surface area contributed by atoms with Crippen LogP contribution < -0.4 is 10.6 Å². The zero-order valence-corrected chi connectivity index (χ0v) is 12.4. The zero-order chi connectivity index (χ0) is 16.7. The van der Waals surface area contributed by atoms with E-state index in [0.29, 0.717) is 0 Å². The summed E-state index contributed by atoms with van der Waals surface area (Å²) in [7, 11) is 0. The fourth-order valence-electron chi connectivity index (χ4n) is 1.82. The van der Waals surface area contributed by atoms with Crippen molar-refractivity contribution in [2.24, 2.45) is 0 Å². The van der Waals surface area contributed by atoms with Gasteiger partial charge in [0.1, 0.15) is 17.8 Å². The average Bonchev–Trinajstić information content (AvgIpc) is 2.45. The molecular weight excluding hydrogens is 288 g/mol. The molecule has 0 aliphatic heterocycles. The van der Waals surface area contributed by atoms with Crippen molar-refractivity contribution in [3.63, 3.8) is 0 Å². The highest BCUT2D eigenvalue weighted by Crippen LogP contribution is 2.11. The summed E-state index contributed by atoms with van der Waals surface area (Å²) in [4.78, 5) is 34.1. The molecule has 0 aliphatic carbocycles. The predicted octanol–water partition coefficient (Wildman–Crippen LogP) is -0.585. The number of phenols is 1. The summed E-state index contributed by atoms with van der Waals surface area (Å²) in [5, 5.41) is 23.4. The number of hydrogen-bond donors (Lipinski definition) is 4. The second kappa shape index (κ2) is 8.14. The highest BCUT2D eigenvalue weighted by Gasteiger charge is 2.25. The SMILES string of the molecule is CC(=O)N[C@@H](Cc1ccc(O)cc1)C(=O)N[C@H]([C]=O)[C@@H](C)O. The lowest BCUT2D eigenvalue weighted by Gasteiger charge is -2.21. The maximum atomic E-state index is 12.2. The van der Waals surface area contributed by atoms with Gasteiger partial charge in [0.2, 0.25) is 18.1 Å². The molecule has 1 rings (SSSR count). The predicted molar refractivity (Wildman–Crippen MR) is 78.7 cm³/mol. The number of hydrogen-bond acceptors (Lipinski definition) is 5. The van der Waals surface area contributed by atoms with Crippen LogP contribution in [0.4, 0.5) is 0 Å². The van der Waals surface area contributed by atoms with E-state index < -0.39 is 30.0 Å². The Morgan fingerprint density at radius 2 is 1.82 bits per heavy atom. The highest BCUT2D eigenvalue weighted by atomic mass is 16.3. The van der Waals surface area contributed by atoms with E-state index >= 15 is 0 Å². The minimum atomic E-state index is -1.16. The first kappa shape index (κ1) is 17.6. The van der Waals surface area contributed by atoms with E-state index in [1.165, 1.54) is 32.3 Å². The van der Waals surface area contributed by atoms with Gasteiger partial charge in [-0.25, -0.2) is 0 Å². The molecule has 1 aromatic rings. The van der Waals surface area contributed by atoms with Gasteiger partial charge in [0.25, 0.3) is 0 Å². The lowest BCUT2D eigenvalue weighted by molar-refractivity contribution is -0.128. The van der Waals surface area contributed by atoms with E-state index in [9.17, 15) is 24.6 Å². The van der Waals surface area contributed by atoms with E-state index in [1.807, 2.05) is 0 Å². The Morgan fingerprint density at radius 1 is 1.23 bits per heavy atom. The van der Waals surface area contributed by atoms with E-state index in [-0.39, 0.29) is 12.2 Å². The molecule has 7 nitrogen and oxygen atoms in total. The summed E-state index contributed by atoms with van der Waals surface area (Å²) in [5.41, 5.74) is 0.718. The minimum Gasteiger partial charge on any atom is -0.508 e. The molecule has 2 amide bonds. The number of amides is 2. The van der Waals surface area contributed by atoms with Crippen molar-refractivity contribution in [1.29, 1.82) is 0 Å². The first-order valence-corrected chi connectivity index (χ1v) is 6.74. The summed E-state index contributed by atoms with van der Waals surface area (Å²) in [6.45, 7) is 2.62. The molecule has 0 saturated carbocycles. The van der Waals surface area contributed by atoms with Crippen molar-refractivity contribution in [2.45, 2.75) is 38.5 Å². The Kier molecular flexibility index (Phi) is 6.52. The Bertz CT molecular complexity index is 527. The van der Waals surface area contributed by atoms with Crippen LogP contribution in [0.5, 0.6) is 5.75 Å². The molecule has 0 spiro atoms. The number of nitrogens with one attached hydrogen (secondary N) is 2. The molecular formula is C15H19N2O5. The van der Waals surface area contributed by atoms with Crippen LogP contribution in [0.15, 0.2) is 24.3 Å². The van der Waals surface area contributed by atoms with Gasteiger partial charge in [0.15, 0.2) is 0 Å². The van der Waals surface area contributed by atoms with E-state index in [4.69, 9.17) is 0 Å². The molecule has 1 aromatic carbocycles. The zero-order valence-electron chi connectivity index (χ0n) is 12.4. The van der Waals surface area contributed by atoms with Gasteiger partial charge in [-0.1, -0.05) is 12.1 Å². The van der Waals surface area contributed by atoms with Crippen molar-refractivity contribution >= 4 is 18.1 Å². The largest absolute Gasteiger partial charge is 0.508 e. The lowest BCUT2D eigenvalue weighted by Crippen LogP contribution is -2.53. The number of aromatic hydroxyl groups is 1. The quantitative estimate of drug-likeness (QED) is 0.537. The molecule has 0 heterocycles. The fourth-order valence-corrected chi connectivity index (χ4v) is 1.82. The maximum absolute atomic E-state index is 12.2. The van der Waals surface area contributed by atoms with Crippen LogP contribution in [0, 0.1) is 0 Å². The van der Waals surface area contributed by atoms with Gasteiger partial charge >= 0.3 is 0 Å². The van der Waals surface area contributed by atoms with E-state index in [2.05, 4.69) is 10.6 Å². The van der Waals surface area contributed by atoms with Gasteiger partial charge in [-0.2, -0.15) is 0 Å². The number of aliphatic hydroxyl groups excluding tert-OH is 1. The third-order valence-electron chi connectivity index (χ3n) is 2.98. The number of benzene rings is 1. The molecule has 0 saturated heterocycles. The number of phenolic OH excluding ortho intramolecular Hbond substituents is 1. The van der Waals surface area contributed by atoms with Crippen LogP contribution in [-0.4, -0.2) is 46.5 Å². The molecule has 0 bridgehead atoms. The van der Waals surface area contributed by atoms with E-state index in [0.717, 1.165) is 5.56 Å². The molecule has 3 atom stereocenters. The van der Waals surface area contributed by atoms with Crippen molar-refractivity contribution in [3.8, 4) is 5.75 Å². The second-order valence-electron chi connectivity index (χ2n) is 4.97. The topological polar surface area (TPSA) is 116 Å². The highest BCUT2D eigenvalue weighted by molar-refractivity contribution is 5.88. The van der Waals surface area contributed by atoms with Crippen molar-refractivity contribution < 1.29 is 24.6 Å². The first-order valence-electron chi connectivity index (χ1n) is 6.74. The van der Waals surface area contributed by atoms with Crippen molar-refractivity contribution in [1.82, 2.24) is 10.6 Å². The molecule has 1 radical (unpaired) electrons. The number of carbonyl (C=O) groups is 2. The molecule has 0 aromatic heterocycles. The molecule has 0 fully saturated rings. The Morgan fingerprint density at radius 3 is 2.27 bits per heavy atom. The monoisotopic (exact) mass is 307 g/mol. The normalized spacial score (nSPS) is 14.5. The van der Waals surface area contributed by atoms with E-state index in [1.54, 1.807) is 12.1 Å². The average molecular weight is 307 g/mol. The Hall–Kier alpha value is -2.41. The molecule has 22 heavy (non-hydrogen) atoms. The van der Waals surface area contributed by atoms with Gasteiger partial charge in [0.05, 0.1) is 6.10 Å². The molecule has 4 N–H and O–H groups in total. The Balaban J connectivity index is 2.82. The third-order valence-corrected chi connectivity index (χ3v) is 2.98. The van der Waals surface area contributed by atoms with Crippen LogP contribution in [0.1, 0.15) is 19.4 Å². The summed E-state index contributed by atoms with van der Waals surface area (Å²) in [6, 6.07) is 4.11. The van der Waals surface area contributed by atoms with Crippen LogP contribution in [0.2, 0.25) is 0 Å². The number of aliphatic hydroxyl groups is 1. The van der Waals surface area contributed by atoms with Crippen LogP contribution in [-0.2, 0) is 20.8 Å². The second-order valence-corrected chi connectivity index (χ2v) is 4.97. The lowest BCUT2D eigenvalue weighted by atomic mass is 10.0. The maximum Gasteiger partial charge on any atom is 0.243 e. The molecule has 0 unspecified atom stereocenters. The van der Waals surface area contributed by atoms with Gasteiger partial charge in [-0.05, 0) is 24.6 Å². The van der Waals surface area contributed by atoms with Gasteiger partial charge < -0.3 is 20.8 Å². The third kappa shape index (κ3) is 5.53. The smallest absolute Gasteiger partial charge is 0.243 e. The van der Waals surface area contributed by atoms with Gasteiger partial charge in [0, 0.05) is 13.3 Å². The number of rotatable bonds is 7. The summed E-state index contributed by atoms with van der Waals surface area (Å²) in [5.74, 6) is -0.908. The van der Waals surface area contributed by atoms with Gasteiger partial charge in [-0.15, -0.1) is 0 Å².